The highest BCUT2D eigenvalue weighted by Gasteiger charge is 2.43. The van der Waals surface area contributed by atoms with Crippen molar-refractivity contribution in [3.63, 3.8) is 0 Å². The molecule has 6 aromatic rings. The molecule has 8 rings (SSSR count). The van der Waals surface area contributed by atoms with Crippen molar-refractivity contribution >= 4 is 39.7 Å². The summed E-state index contributed by atoms with van der Waals surface area (Å²) < 4.78 is 33.2. The number of fused-ring (bicyclic) bond motifs is 2. The number of ether oxygens (including phenoxy) is 6. The van der Waals surface area contributed by atoms with Crippen molar-refractivity contribution < 1.29 is 42.8 Å². The summed E-state index contributed by atoms with van der Waals surface area (Å²) in [5.41, 5.74) is 4.14. The van der Waals surface area contributed by atoms with E-state index < -0.39 is 10.8 Å². The van der Waals surface area contributed by atoms with Crippen LogP contribution in [0.5, 0.6) is 34.5 Å². The molecule has 0 amide bonds. The van der Waals surface area contributed by atoms with Crippen molar-refractivity contribution in [2.75, 3.05) is 68.8 Å². The second-order valence-electron chi connectivity index (χ2n) is 17.7. The number of nitrogens with zero attached hydrogens (tertiary/aromatic N) is 6. The molecule has 0 bridgehead atoms. The first kappa shape index (κ1) is 46.0. The molecule has 2 aliphatic heterocycles. The topological polar surface area (TPSA) is 196 Å². The highest BCUT2D eigenvalue weighted by atomic mass is 16.5. The number of carbonyl (C=O) groups excluding carboxylic acids is 3. The number of benzene rings is 2. The van der Waals surface area contributed by atoms with E-state index in [4.69, 9.17) is 38.4 Å². The van der Waals surface area contributed by atoms with Crippen LogP contribution in [0.4, 0.5) is 0 Å². The second-order valence-corrected chi connectivity index (χ2v) is 17.7. The van der Waals surface area contributed by atoms with Gasteiger partial charge in [-0.2, -0.15) is 0 Å². The molecule has 0 radical (unpaired) electrons. The predicted octanol–water partition coefficient (Wildman–Crippen LogP) is 7.23. The van der Waals surface area contributed by atoms with Gasteiger partial charge in [-0.3, -0.25) is 24.2 Å². The number of hydrogen-bond donors (Lipinski definition) is 2. The Morgan fingerprint density at radius 3 is 1.20 bits per heavy atom. The number of aromatic amines is 2. The molecule has 2 aromatic carbocycles. The third-order valence-corrected chi connectivity index (χ3v) is 14.0. The van der Waals surface area contributed by atoms with E-state index in [1.807, 2.05) is 27.7 Å². The van der Waals surface area contributed by atoms with E-state index in [2.05, 4.69) is 29.7 Å². The third-order valence-electron chi connectivity index (χ3n) is 14.0. The average molecular weight is 903 g/mol. The zero-order valence-corrected chi connectivity index (χ0v) is 39.3. The fourth-order valence-electron chi connectivity index (χ4n) is 9.49. The number of hydrogen-bond acceptors (Lipinski definition) is 15. The minimum atomic E-state index is -0.664. The zero-order chi connectivity index (χ0) is 47.1. The Labute approximate surface area is 383 Å². The Hall–Kier alpha value is -6.59. The third kappa shape index (κ3) is 8.18. The van der Waals surface area contributed by atoms with Gasteiger partial charge in [-0.05, 0) is 90.0 Å². The quantitative estimate of drug-likeness (QED) is 0.0923. The van der Waals surface area contributed by atoms with Gasteiger partial charge in [-0.15, -0.1) is 0 Å². The standard InChI is InChI=1S/C49H58N8O9/c1-27(56-15-11-48(3,12-16-56)44(59)31-23-50-46-39(31)54-33(25-52-46)29-19-35(61-5)42(65-9)36(20-29)62-6)41(58)28(2)57-17-13-49(4,14-18-57)45(60)32-24-51-47-40(32)55-34(26-53-47)30-21-37(63-7)43(66-10)38(22-30)64-8/h19-28H,11-18H2,1-10H3,(H,50,52)(H,51,53). The van der Waals surface area contributed by atoms with Gasteiger partial charge in [-0.25, -0.2) is 19.9 Å². The number of ketones is 3. The number of nitrogens with one attached hydrogen (secondary N) is 2. The van der Waals surface area contributed by atoms with Gasteiger partial charge in [0.2, 0.25) is 11.5 Å². The molecule has 0 aliphatic carbocycles. The summed E-state index contributed by atoms with van der Waals surface area (Å²) in [5, 5.41) is 0. The van der Waals surface area contributed by atoms with Crippen LogP contribution in [-0.4, -0.2) is 138 Å². The summed E-state index contributed by atoms with van der Waals surface area (Å²) in [7, 11) is 9.31. The highest BCUT2D eigenvalue weighted by Crippen LogP contribution is 2.44. The first-order valence-electron chi connectivity index (χ1n) is 22.1. The van der Waals surface area contributed by atoms with E-state index in [0.29, 0.717) is 142 Å². The number of rotatable bonds is 16. The molecule has 17 heteroatoms. The average Bonchev–Trinajstić information content (AvgIpc) is 3.98. The van der Waals surface area contributed by atoms with E-state index in [1.54, 1.807) is 91.7 Å². The SMILES string of the molecule is COc1cc(-c2cnc3[nH]cc(C(=O)C4(C)CCN(C(C)C(=O)C(C)N5CCC(C)(C(=O)c6c[nH]c7ncc(-c8cc(OC)c(OC)c(OC)c8)nc67)CC5)CC4)c3n2)cc(OC)c1OC. The van der Waals surface area contributed by atoms with Gasteiger partial charge in [0.05, 0.1) is 89.7 Å². The molecule has 2 atom stereocenters. The molecule has 2 fully saturated rings. The molecule has 2 saturated heterocycles. The first-order valence-corrected chi connectivity index (χ1v) is 22.1. The van der Waals surface area contributed by atoms with Gasteiger partial charge >= 0.3 is 0 Å². The van der Waals surface area contributed by atoms with Crippen molar-refractivity contribution in [3.8, 4) is 57.0 Å². The zero-order valence-electron chi connectivity index (χ0n) is 39.3. The molecule has 2 N–H and O–H groups in total. The van der Waals surface area contributed by atoms with Crippen LogP contribution in [0.25, 0.3) is 44.8 Å². The van der Waals surface area contributed by atoms with Crippen LogP contribution >= 0.6 is 0 Å². The molecule has 4 aromatic heterocycles. The van der Waals surface area contributed by atoms with Crippen molar-refractivity contribution in [1.29, 1.82) is 0 Å². The number of likely N-dealkylation sites (tertiary alicyclic amines) is 2. The molecule has 348 valence electrons. The second kappa shape index (κ2) is 18.4. The van der Waals surface area contributed by atoms with Crippen molar-refractivity contribution in [1.82, 2.24) is 39.7 Å². The molecule has 6 heterocycles. The fraction of sp³-hybridized carbons (Fsp3) is 0.449. The minimum absolute atomic E-state index is 0.0123. The van der Waals surface area contributed by atoms with Gasteiger partial charge < -0.3 is 38.4 Å². The van der Waals surface area contributed by atoms with Crippen LogP contribution in [-0.2, 0) is 4.79 Å². The van der Waals surface area contributed by atoms with Crippen LogP contribution in [0.15, 0.2) is 49.1 Å². The van der Waals surface area contributed by atoms with E-state index in [1.165, 1.54) is 0 Å². The van der Waals surface area contributed by atoms with Gasteiger partial charge in [0.25, 0.3) is 0 Å². The normalized spacial score (nSPS) is 17.2. The minimum Gasteiger partial charge on any atom is -0.493 e. The molecular formula is C49H58N8O9. The lowest BCUT2D eigenvalue weighted by Crippen LogP contribution is -2.55. The van der Waals surface area contributed by atoms with Crippen LogP contribution < -0.4 is 28.4 Å². The summed E-state index contributed by atoms with van der Waals surface area (Å²) in [6.45, 7) is 10.3. The summed E-state index contributed by atoms with van der Waals surface area (Å²) in [4.78, 5) is 72.5. The molecule has 2 aliphatic rings. The van der Waals surface area contributed by atoms with Crippen LogP contribution in [0.1, 0.15) is 74.1 Å². The van der Waals surface area contributed by atoms with Crippen molar-refractivity contribution in [2.24, 2.45) is 10.8 Å². The molecule has 2 unspecified atom stereocenters. The van der Waals surface area contributed by atoms with E-state index in [9.17, 15) is 14.4 Å². The number of aromatic nitrogens is 6. The number of methoxy groups -OCH3 is 6. The maximum absolute atomic E-state index is 14.3. The number of Topliss-reactive ketones (excluding diaryl/α,β-unsaturated/α-hetero) is 3. The van der Waals surface area contributed by atoms with Crippen molar-refractivity contribution in [2.45, 2.75) is 65.5 Å². The summed E-state index contributed by atoms with van der Waals surface area (Å²) in [5.74, 6) is 2.96. The summed E-state index contributed by atoms with van der Waals surface area (Å²) in [6, 6.07) is 6.50. The number of piperidine rings is 2. The smallest absolute Gasteiger partial charge is 0.203 e. The lowest BCUT2D eigenvalue weighted by molar-refractivity contribution is -0.130. The highest BCUT2D eigenvalue weighted by molar-refractivity contribution is 6.10. The molecular weight excluding hydrogens is 845 g/mol. The van der Waals surface area contributed by atoms with Gasteiger partial charge in [0.15, 0.2) is 51.6 Å². The van der Waals surface area contributed by atoms with Gasteiger partial charge in [0, 0.05) is 34.4 Å². The Balaban J connectivity index is 0.899. The Kier molecular flexibility index (Phi) is 12.8. The van der Waals surface area contributed by atoms with Crippen LogP contribution in [0.2, 0.25) is 0 Å². The fourth-order valence-corrected chi connectivity index (χ4v) is 9.49. The van der Waals surface area contributed by atoms with E-state index in [0.717, 1.165) is 0 Å². The van der Waals surface area contributed by atoms with Crippen LogP contribution in [0, 0.1) is 10.8 Å². The Bertz CT molecular complexity index is 2560. The molecule has 17 nitrogen and oxygen atoms in total. The monoisotopic (exact) mass is 902 g/mol. The summed E-state index contributed by atoms with van der Waals surface area (Å²) >= 11 is 0. The van der Waals surface area contributed by atoms with Gasteiger partial charge in [-0.1, -0.05) is 13.8 Å². The van der Waals surface area contributed by atoms with E-state index >= 15 is 0 Å². The molecule has 66 heavy (non-hydrogen) atoms. The molecule has 0 saturated carbocycles. The lowest BCUT2D eigenvalue weighted by atomic mass is 9.74. The predicted molar refractivity (Wildman–Crippen MR) is 248 cm³/mol. The van der Waals surface area contributed by atoms with Crippen LogP contribution in [0.3, 0.4) is 0 Å². The van der Waals surface area contributed by atoms with E-state index in [-0.39, 0.29) is 29.4 Å². The number of H-pyrrole nitrogens is 2. The maximum atomic E-state index is 14.3. The van der Waals surface area contributed by atoms with Gasteiger partial charge in [0.1, 0.15) is 11.0 Å². The Morgan fingerprint density at radius 1 is 0.561 bits per heavy atom. The molecule has 0 spiro atoms. The maximum Gasteiger partial charge on any atom is 0.203 e. The van der Waals surface area contributed by atoms with Crippen molar-refractivity contribution in [3.05, 3.63) is 60.2 Å². The summed E-state index contributed by atoms with van der Waals surface area (Å²) in [6.07, 6.45) is 9.00. The Morgan fingerprint density at radius 2 is 0.894 bits per heavy atom. The first-order chi connectivity index (χ1) is 31.7. The largest absolute Gasteiger partial charge is 0.493 e. The lowest BCUT2D eigenvalue weighted by Gasteiger charge is -2.43. The number of carbonyl (C=O) groups is 3.